The third-order valence-corrected chi connectivity index (χ3v) is 4.00. The number of benzene rings is 1. The summed E-state index contributed by atoms with van der Waals surface area (Å²) in [5.41, 5.74) is 3.36. The minimum atomic E-state index is 0.0947. The Balaban J connectivity index is 1.71. The molecule has 0 aliphatic carbocycles. The zero-order valence-corrected chi connectivity index (χ0v) is 12.4. The average molecular weight is 283 g/mol. The summed E-state index contributed by atoms with van der Waals surface area (Å²) in [5, 5.41) is 9.56. The average Bonchev–Trinajstić information content (AvgIpc) is 2.56. The lowest BCUT2D eigenvalue weighted by Crippen LogP contribution is -2.47. The molecule has 0 spiro atoms. The number of aromatic nitrogens is 1. The molecule has 0 saturated carbocycles. The van der Waals surface area contributed by atoms with E-state index in [1.54, 1.807) is 0 Å². The predicted octanol–water partition coefficient (Wildman–Crippen LogP) is 2.21. The van der Waals surface area contributed by atoms with Gasteiger partial charge in [-0.3, -0.25) is 0 Å². The van der Waals surface area contributed by atoms with E-state index < -0.39 is 0 Å². The number of piperazine rings is 1. The highest BCUT2D eigenvalue weighted by atomic mass is 16.3. The predicted molar refractivity (Wildman–Crippen MR) is 85.8 cm³/mol. The fourth-order valence-electron chi connectivity index (χ4n) is 2.87. The van der Waals surface area contributed by atoms with E-state index in [9.17, 15) is 5.11 Å². The summed E-state index contributed by atoms with van der Waals surface area (Å²) in [6.07, 6.45) is 1.84. The van der Waals surface area contributed by atoms with E-state index in [2.05, 4.69) is 46.0 Å². The first kappa shape index (κ1) is 13.9. The second-order valence-corrected chi connectivity index (χ2v) is 5.45. The molecule has 1 aliphatic rings. The van der Waals surface area contributed by atoms with E-state index in [0.29, 0.717) is 0 Å². The molecule has 21 heavy (non-hydrogen) atoms. The lowest BCUT2D eigenvalue weighted by Gasteiger charge is -2.37. The molecule has 0 bridgehead atoms. The van der Waals surface area contributed by atoms with Crippen molar-refractivity contribution in [3.05, 3.63) is 53.7 Å². The minimum absolute atomic E-state index is 0.0947. The second-order valence-electron chi connectivity index (χ2n) is 5.45. The van der Waals surface area contributed by atoms with Crippen LogP contribution in [0.4, 0.5) is 11.5 Å². The van der Waals surface area contributed by atoms with Crippen molar-refractivity contribution >= 4 is 11.5 Å². The summed E-state index contributed by atoms with van der Waals surface area (Å²) in [7, 11) is 0. The third kappa shape index (κ3) is 3.00. The maximum absolute atomic E-state index is 9.56. The quantitative estimate of drug-likeness (QED) is 0.937. The van der Waals surface area contributed by atoms with Crippen molar-refractivity contribution < 1.29 is 5.11 Å². The number of aliphatic hydroxyl groups excluding tert-OH is 1. The molecular formula is C17H21N3O. The Morgan fingerprint density at radius 1 is 1.05 bits per heavy atom. The van der Waals surface area contributed by atoms with Gasteiger partial charge < -0.3 is 14.9 Å². The van der Waals surface area contributed by atoms with Crippen LogP contribution in [0.5, 0.6) is 0 Å². The lowest BCUT2D eigenvalue weighted by atomic mass is 10.1. The Hall–Kier alpha value is -2.07. The van der Waals surface area contributed by atoms with Crippen LogP contribution in [0, 0.1) is 6.92 Å². The SMILES string of the molecule is Cc1ccc(N2CCN(c3ccccn3)CC2)c(CO)c1. The summed E-state index contributed by atoms with van der Waals surface area (Å²) >= 11 is 0. The molecule has 0 amide bonds. The molecule has 0 atom stereocenters. The molecule has 1 saturated heterocycles. The highest BCUT2D eigenvalue weighted by Gasteiger charge is 2.19. The maximum atomic E-state index is 9.56. The molecule has 4 heteroatoms. The lowest BCUT2D eigenvalue weighted by molar-refractivity contribution is 0.282. The van der Waals surface area contributed by atoms with Crippen LogP contribution in [0.15, 0.2) is 42.6 Å². The molecule has 1 aliphatic heterocycles. The molecule has 1 N–H and O–H groups in total. The molecule has 0 radical (unpaired) electrons. The van der Waals surface area contributed by atoms with Crippen molar-refractivity contribution in [2.45, 2.75) is 13.5 Å². The van der Waals surface area contributed by atoms with E-state index in [1.807, 2.05) is 18.3 Å². The van der Waals surface area contributed by atoms with E-state index in [4.69, 9.17) is 0 Å². The van der Waals surface area contributed by atoms with Gasteiger partial charge in [-0.1, -0.05) is 23.8 Å². The largest absolute Gasteiger partial charge is 0.392 e. The van der Waals surface area contributed by atoms with Crippen molar-refractivity contribution in [2.24, 2.45) is 0 Å². The number of hydrogen-bond donors (Lipinski definition) is 1. The maximum Gasteiger partial charge on any atom is 0.128 e. The summed E-state index contributed by atoms with van der Waals surface area (Å²) in [6.45, 7) is 5.96. The summed E-state index contributed by atoms with van der Waals surface area (Å²) in [6, 6.07) is 12.3. The van der Waals surface area contributed by atoms with Gasteiger partial charge in [-0.05, 0) is 25.1 Å². The topological polar surface area (TPSA) is 39.6 Å². The van der Waals surface area contributed by atoms with Gasteiger partial charge in [0.2, 0.25) is 0 Å². The van der Waals surface area contributed by atoms with Crippen LogP contribution in [-0.4, -0.2) is 36.3 Å². The van der Waals surface area contributed by atoms with Crippen molar-refractivity contribution in [3.8, 4) is 0 Å². The number of aryl methyl sites for hydroxylation is 1. The van der Waals surface area contributed by atoms with Crippen LogP contribution < -0.4 is 9.80 Å². The van der Waals surface area contributed by atoms with Crippen molar-refractivity contribution in [3.63, 3.8) is 0 Å². The molecule has 2 heterocycles. The summed E-state index contributed by atoms with van der Waals surface area (Å²) < 4.78 is 0. The second kappa shape index (κ2) is 6.14. The van der Waals surface area contributed by atoms with Crippen LogP contribution in [0.25, 0.3) is 0 Å². The summed E-state index contributed by atoms with van der Waals surface area (Å²) in [5.74, 6) is 1.04. The highest BCUT2D eigenvalue weighted by molar-refractivity contribution is 5.56. The standard InChI is InChI=1S/C17H21N3O/c1-14-5-6-16(15(12-14)13-21)19-8-10-20(11-9-19)17-4-2-3-7-18-17/h2-7,12,21H,8-11,13H2,1H3. The van der Waals surface area contributed by atoms with E-state index in [1.165, 1.54) is 5.56 Å². The van der Waals surface area contributed by atoms with Crippen LogP contribution in [0.3, 0.4) is 0 Å². The number of aliphatic hydroxyl groups is 1. The van der Waals surface area contributed by atoms with Crippen LogP contribution in [0.2, 0.25) is 0 Å². The fraction of sp³-hybridized carbons (Fsp3) is 0.353. The van der Waals surface area contributed by atoms with Crippen LogP contribution in [0.1, 0.15) is 11.1 Å². The highest BCUT2D eigenvalue weighted by Crippen LogP contribution is 2.24. The van der Waals surface area contributed by atoms with Crippen molar-refractivity contribution in [1.29, 1.82) is 0 Å². The van der Waals surface area contributed by atoms with Gasteiger partial charge in [0.05, 0.1) is 6.61 Å². The number of hydrogen-bond acceptors (Lipinski definition) is 4. The van der Waals surface area contributed by atoms with E-state index in [0.717, 1.165) is 43.2 Å². The summed E-state index contributed by atoms with van der Waals surface area (Å²) in [4.78, 5) is 9.07. The van der Waals surface area contributed by atoms with Gasteiger partial charge in [0, 0.05) is 43.6 Å². The van der Waals surface area contributed by atoms with Gasteiger partial charge in [-0.15, -0.1) is 0 Å². The van der Waals surface area contributed by atoms with Crippen LogP contribution >= 0.6 is 0 Å². The van der Waals surface area contributed by atoms with Gasteiger partial charge in [-0.2, -0.15) is 0 Å². The zero-order valence-electron chi connectivity index (χ0n) is 12.4. The molecular weight excluding hydrogens is 262 g/mol. The van der Waals surface area contributed by atoms with Gasteiger partial charge in [0.25, 0.3) is 0 Å². The Labute approximate surface area is 125 Å². The molecule has 110 valence electrons. The number of anilines is 2. The monoisotopic (exact) mass is 283 g/mol. The van der Waals surface area contributed by atoms with Gasteiger partial charge in [0.15, 0.2) is 0 Å². The van der Waals surface area contributed by atoms with Gasteiger partial charge in [-0.25, -0.2) is 4.98 Å². The van der Waals surface area contributed by atoms with Crippen molar-refractivity contribution in [1.82, 2.24) is 4.98 Å². The minimum Gasteiger partial charge on any atom is -0.392 e. The first-order valence-corrected chi connectivity index (χ1v) is 7.39. The molecule has 1 aromatic carbocycles. The number of pyridine rings is 1. The molecule has 0 unspecified atom stereocenters. The fourth-order valence-corrected chi connectivity index (χ4v) is 2.87. The Bertz CT molecular complexity index is 592. The Kier molecular flexibility index (Phi) is 4.06. The molecule has 1 aromatic heterocycles. The third-order valence-electron chi connectivity index (χ3n) is 4.00. The first-order valence-electron chi connectivity index (χ1n) is 7.39. The zero-order chi connectivity index (χ0) is 14.7. The normalized spacial score (nSPS) is 15.3. The smallest absolute Gasteiger partial charge is 0.128 e. The Morgan fingerprint density at radius 2 is 1.81 bits per heavy atom. The van der Waals surface area contributed by atoms with Crippen LogP contribution in [-0.2, 0) is 6.61 Å². The molecule has 3 rings (SSSR count). The first-order chi connectivity index (χ1) is 10.3. The van der Waals surface area contributed by atoms with Crippen molar-refractivity contribution in [2.75, 3.05) is 36.0 Å². The van der Waals surface area contributed by atoms with Gasteiger partial charge in [0.1, 0.15) is 5.82 Å². The number of rotatable bonds is 3. The Morgan fingerprint density at radius 3 is 2.48 bits per heavy atom. The van der Waals surface area contributed by atoms with Gasteiger partial charge >= 0.3 is 0 Å². The van der Waals surface area contributed by atoms with E-state index in [-0.39, 0.29) is 6.61 Å². The molecule has 2 aromatic rings. The molecule has 4 nitrogen and oxygen atoms in total. The number of nitrogens with zero attached hydrogens (tertiary/aromatic N) is 3. The van der Waals surface area contributed by atoms with E-state index >= 15 is 0 Å². The molecule has 1 fully saturated rings.